The van der Waals surface area contributed by atoms with Gasteiger partial charge in [-0.3, -0.25) is 14.6 Å². The average Bonchev–Trinajstić information content (AvgIpc) is 3.34. The van der Waals surface area contributed by atoms with Crippen molar-refractivity contribution in [3.05, 3.63) is 59.4 Å². The maximum atomic E-state index is 13.2. The predicted octanol–water partition coefficient (Wildman–Crippen LogP) is 2.64. The van der Waals surface area contributed by atoms with Crippen molar-refractivity contribution in [3.8, 4) is 5.75 Å². The average molecular weight is 483 g/mol. The van der Waals surface area contributed by atoms with E-state index in [4.69, 9.17) is 9.47 Å². The van der Waals surface area contributed by atoms with E-state index in [2.05, 4.69) is 38.2 Å². The number of carbonyl (C=O) groups is 1. The lowest BCUT2D eigenvalue weighted by Crippen LogP contribution is -2.46. The van der Waals surface area contributed by atoms with Gasteiger partial charge in [-0.05, 0) is 55.3 Å². The number of carbonyl (C=O) groups excluding carboxylic acids is 1. The minimum Gasteiger partial charge on any atom is -0.491 e. The number of fused-ring (bicyclic) bond motifs is 2. The third-order valence-electron chi connectivity index (χ3n) is 7.17. The van der Waals surface area contributed by atoms with E-state index in [0.29, 0.717) is 32.9 Å². The van der Waals surface area contributed by atoms with Crippen molar-refractivity contribution < 1.29 is 18.7 Å². The highest BCUT2D eigenvalue weighted by atomic mass is 19.1. The van der Waals surface area contributed by atoms with E-state index >= 15 is 0 Å². The number of hydrogen-bond acceptors (Lipinski definition) is 6. The molecule has 2 fully saturated rings. The molecular formula is C27H35FN4O3. The van der Waals surface area contributed by atoms with Gasteiger partial charge < -0.3 is 19.7 Å². The Morgan fingerprint density at radius 3 is 2.63 bits per heavy atom. The Hall–Kier alpha value is -2.68. The highest BCUT2D eigenvalue weighted by molar-refractivity contribution is 5.82. The minimum atomic E-state index is -0.192. The molecule has 1 atom stereocenters. The van der Waals surface area contributed by atoms with Gasteiger partial charge in [0.15, 0.2) is 0 Å². The number of hydrogen-bond donors (Lipinski definition) is 1. The summed E-state index contributed by atoms with van der Waals surface area (Å²) in [4.78, 5) is 19.8. The fourth-order valence-electron chi connectivity index (χ4n) is 5.25. The molecule has 3 aliphatic heterocycles. The number of rotatable bonds is 3. The molecule has 1 amide bonds. The molecule has 2 saturated heterocycles. The van der Waals surface area contributed by atoms with E-state index in [0.717, 1.165) is 69.0 Å². The Morgan fingerprint density at radius 2 is 1.80 bits per heavy atom. The van der Waals surface area contributed by atoms with Crippen molar-refractivity contribution in [2.24, 2.45) is 0 Å². The number of ether oxygens (including phenoxy) is 2. The summed E-state index contributed by atoms with van der Waals surface area (Å²) in [5.74, 6) is 0.779. The maximum absolute atomic E-state index is 13.2. The molecule has 0 aromatic heterocycles. The van der Waals surface area contributed by atoms with Crippen LogP contribution in [0.1, 0.15) is 24.0 Å². The van der Waals surface area contributed by atoms with Crippen LogP contribution in [0.15, 0.2) is 42.5 Å². The van der Waals surface area contributed by atoms with Crippen LogP contribution in [0.3, 0.4) is 0 Å². The molecule has 35 heavy (non-hydrogen) atoms. The largest absolute Gasteiger partial charge is 0.491 e. The standard InChI is InChI=1S/C27H35FN4O3/c28-23-5-3-21(4-6-23)19-30-11-13-31(14-12-30)24-7-8-26-22(18-24)20-32-10-1-2-25(32)27(33)29-9-15-34-16-17-35-26/h3-8,18,25H,1-2,9-17,19-20H2,(H,29,33). The molecule has 1 unspecified atom stereocenters. The molecule has 0 aliphatic carbocycles. The second-order valence-corrected chi connectivity index (χ2v) is 9.56. The fraction of sp³-hybridized carbons (Fsp3) is 0.519. The Balaban J connectivity index is 1.27. The molecule has 0 saturated carbocycles. The van der Waals surface area contributed by atoms with Crippen LogP contribution in [0.5, 0.6) is 5.75 Å². The van der Waals surface area contributed by atoms with Crippen LogP contribution in [0, 0.1) is 5.82 Å². The summed E-state index contributed by atoms with van der Waals surface area (Å²) >= 11 is 0. The van der Waals surface area contributed by atoms with Crippen molar-refractivity contribution in [1.29, 1.82) is 0 Å². The van der Waals surface area contributed by atoms with Crippen molar-refractivity contribution in [2.45, 2.75) is 32.0 Å². The van der Waals surface area contributed by atoms with Crippen molar-refractivity contribution in [2.75, 3.05) is 64.0 Å². The van der Waals surface area contributed by atoms with Gasteiger partial charge in [0, 0.05) is 57.1 Å². The van der Waals surface area contributed by atoms with Gasteiger partial charge in [-0.15, -0.1) is 0 Å². The van der Waals surface area contributed by atoms with Gasteiger partial charge in [0.1, 0.15) is 18.2 Å². The summed E-state index contributed by atoms with van der Waals surface area (Å²) in [5.41, 5.74) is 3.45. The first-order valence-corrected chi connectivity index (χ1v) is 12.7. The van der Waals surface area contributed by atoms with Crippen molar-refractivity contribution in [1.82, 2.24) is 15.1 Å². The van der Waals surface area contributed by atoms with E-state index in [-0.39, 0.29) is 17.8 Å². The summed E-state index contributed by atoms with van der Waals surface area (Å²) in [6, 6.07) is 13.1. The highest BCUT2D eigenvalue weighted by Crippen LogP contribution is 2.30. The molecule has 8 heteroatoms. The van der Waals surface area contributed by atoms with Crippen LogP contribution in [0.4, 0.5) is 10.1 Å². The third kappa shape index (κ3) is 6.12. The lowest BCUT2D eigenvalue weighted by molar-refractivity contribution is -0.125. The molecule has 188 valence electrons. The van der Waals surface area contributed by atoms with Gasteiger partial charge in [0.05, 0.1) is 19.3 Å². The molecule has 3 aliphatic rings. The third-order valence-corrected chi connectivity index (χ3v) is 7.17. The monoisotopic (exact) mass is 482 g/mol. The summed E-state index contributed by atoms with van der Waals surface area (Å²) < 4.78 is 24.9. The lowest BCUT2D eigenvalue weighted by Gasteiger charge is -2.36. The van der Waals surface area contributed by atoms with E-state index < -0.39 is 0 Å². The predicted molar refractivity (Wildman–Crippen MR) is 133 cm³/mol. The molecule has 0 spiro atoms. The molecule has 0 radical (unpaired) electrons. The molecule has 5 rings (SSSR count). The Kier molecular flexibility index (Phi) is 7.81. The second-order valence-electron chi connectivity index (χ2n) is 9.56. The van der Waals surface area contributed by atoms with E-state index in [1.54, 1.807) is 0 Å². The first-order chi connectivity index (χ1) is 17.2. The fourth-order valence-corrected chi connectivity index (χ4v) is 5.25. The maximum Gasteiger partial charge on any atom is 0.237 e. The van der Waals surface area contributed by atoms with Gasteiger partial charge in [-0.2, -0.15) is 0 Å². The lowest BCUT2D eigenvalue weighted by atomic mass is 10.1. The molecule has 3 heterocycles. The van der Waals surface area contributed by atoms with Gasteiger partial charge in [0.25, 0.3) is 0 Å². The SMILES string of the molecule is O=C1NCCOCCOc2ccc(N3CCN(Cc4ccc(F)cc4)CC3)cc2CN2CCCC12. The summed E-state index contributed by atoms with van der Waals surface area (Å²) in [6.07, 6.45) is 1.92. The Bertz CT molecular complexity index is 994. The van der Waals surface area contributed by atoms with Gasteiger partial charge in [0.2, 0.25) is 5.91 Å². The molecule has 0 bridgehead atoms. The molecule has 1 N–H and O–H groups in total. The number of nitrogens with one attached hydrogen (secondary N) is 1. The number of amides is 1. The van der Waals surface area contributed by atoms with Gasteiger partial charge >= 0.3 is 0 Å². The van der Waals surface area contributed by atoms with Crippen LogP contribution in [0.25, 0.3) is 0 Å². The summed E-state index contributed by atoms with van der Waals surface area (Å²) in [7, 11) is 0. The van der Waals surface area contributed by atoms with Crippen molar-refractivity contribution >= 4 is 11.6 Å². The number of anilines is 1. The van der Waals surface area contributed by atoms with E-state index in [9.17, 15) is 9.18 Å². The Morgan fingerprint density at radius 1 is 0.971 bits per heavy atom. The normalized spacial score (nSPS) is 22.7. The van der Waals surface area contributed by atoms with Crippen molar-refractivity contribution in [3.63, 3.8) is 0 Å². The smallest absolute Gasteiger partial charge is 0.237 e. The number of piperazine rings is 1. The second kappa shape index (κ2) is 11.4. The molecule has 2 aromatic rings. The quantitative estimate of drug-likeness (QED) is 0.726. The first-order valence-electron chi connectivity index (χ1n) is 12.7. The molecule has 7 nitrogen and oxygen atoms in total. The van der Waals surface area contributed by atoms with Crippen LogP contribution in [-0.4, -0.2) is 80.8 Å². The topological polar surface area (TPSA) is 57.3 Å². The summed E-state index contributed by atoms with van der Waals surface area (Å²) in [5, 5.41) is 3.03. The zero-order valence-corrected chi connectivity index (χ0v) is 20.3. The van der Waals surface area contributed by atoms with E-state index in [1.807, 2.05) is 12.1 Å². The minimum absolute atomic E-state index is 0.0951. The number of benzene rings is 2. The zero-order chi connectivity index (χ0) is 24.0. The zero-order valence-electron chi connectivity index (χ0n) is 20.3. The summed E-state index contributed by atoms with van der Waals surface area (Å²) in [6.45, 7) is 8.26. The van der Waals surface area contributed by atoms with Crippen LogP contribution in [-0.2, 0) is 22.6 Å². The van der Waals surface area contributed by atoms with E-state index in [1.165, 1.54) is 17.8 Å². The van der Waals surface area contributed by atoms with Crippen LogP contribution < -0.4 is 15.0 Å². The molecular weight excluding hydrogens is 447 g/mol. The van der Waals surface area contributed by atoms with Gasteiger partial charge in [-0.1, -0.05) is 12.1 Å². The van der Waals surface area contributed by atoms with Gasteiger partial charge in [-0.25, -0.2) is 4.39 Å². The number of nitrogens with zero attached hydrogens (tertiary/aromatic N) is 3. The van der Waals surface area contributed by atoms with Crippen LogP contribution >= 0.6 is 0 Å². The Labute approximate surface area is 206 Å². The highest BCUT2D eigenvalue weighted by Gasteiger charge is 2.31. The first kappa shape index (κ1) is 24.0. The van der Waals surface area contributed by atoms with Crippen LogP contribution in [0.2, 0.25) is 0 Å². The number of halogens is 1. The molecule has 2 aromatic carbocycles.